The summed E-state index contributed by atoms with van der Waals surface area (Å²) in [6.45, 7) is 3.79. The van der Waals surface area contributed by atoms with Crippen LogP contribution in [0.2, 0.25) is 0 Å². The van der Waals surface area contributed by atoms with Crippen molar-refractivity contribution in [3.05, 3.63) is 53.0 Å². The minimum absolute atomic E-state index is 0.659. The van der Waals surface area contributed by atoms with Gasteiger partial charge in [-0.15, -0.1) is 0 Å². The van der Waals surface area contributed by atoms with Gasteiger partial charge in [0, 0.05) is 24.1 Å². The molecule has 3 heteroatoms. The number of fused-ring (bicyclic) bond motifs is 3. The van der Waals surface area contributed by atoms with Gasteiger partial charge in [-0.05, 0) is 25.1 Å². The zero-order valence-electron chi connectivity index (χ0n) is 9.77. The van der Waals surface area contributed by atoms with Crippen molar-refractivity contribution < 1.29 is 4.73 Å². The van der Waals surface area contributed by atoms with Crippen LogP contribution in [0.25, 0.3) is 21.8 Å². The molecular weight excluding hydrogens is 212 g/mol. The molecular formula is C14H12N2O. The molecule has 0 radical (unpaired) electrons. The second-order valence-corrected chi connectivity index (χ2v) is 4.29. The van der Waals surface area contributed by atoms with Crippen LogP contribution in [0.3, 0.4) is 0 Å². The summed E-state index contributed by atoms with van der Waals surface area (Å²) in [5.74, 6) is 0. The number of aryl methyl sites for hydroxylation is 1. The van der Waals surface area contributed by atoms with Gasteiger partial charge in [-0.2, -0.15) is 4.73 Å². The Morgan fingerprint density at radius 3 is 2.71 bits per heavy atom. The second kappa shape index (κ2) is 3.42. The van der Waals surface area contributed by atoms with E-state index in [4.69, 9.17) is 0 Å². The molecule has 0 saturated carbocycles. The van der Waals surface area contributed by atoms with Gasteiger partial charge in [-0.25, -0.2) is 4.98 Å². The summed E-state index contributed by atoms with van der Waals surface area (Å²) in [5, 5.41) is 14.2. The number of rotatable bonds is 0. The van der Waals surface area contributed by atoms with Crippen molar-refractivity contribution in [2.75, 3.05) is 0 Å². The number of benzene rings is 1. The fraction of sp³-hybridized carbons (Fsp3) is 0.143. The Morgan fingerprint density at radius 2 is 1.88 bits per heavy atom. The lowest BCUT2D eigenvalue weighted by atomic mass is 10.1. The molecule has 0 aliphatic rings. The van der Waals surface area contributed by atoms with Gasteiger partial charge in [-0.1, -0.05) is 12.1 Å². The quantitative estimate of drug-likeness (QED) is 0.334. The zero-order valence-corrected chi connectivity index (χ0v) is 9.77. The molecule has 3 nitrogen and oxygen atoms in total. The predicted octanol–water partition coefficient (Wildman–Crippen LogP) is 2.64. The molecule has 0 bridgehead atoms. The Bertz CT molecular complexity index is 735. The van der Waals surface area contributed by atoms with E-state index in [9.17, 15) is 5.21 Å². The second-order valence-electron chi connectivity index (χ2n) is 4.29. The third kappa shape index (κ3) is 1.35. The van der Waals surface area contributed by atoms with E-state index >= 15 is 0 Å². The topological polar surface area (TPSA) is 39.8 Å². The van der Waals surface area contributed by atoms with E-state index in [0.717, 1.165) is 32.3 Å². The highest BCUT2D eigenvalue weighted by Crippen LogP contribution is 2.22. The van der Waals surface area contributed by atoms with Gasteiger partial charge in [-0.3, -0.25) is 0 Å². The molecule has 17 heavy (non-hydrogen) atoms. The molecule has 2 heterocycles. The Labute approximate surface area is 98.9 Å². The van der Waals surface area contributed by atoms with E-state index in [2.05, 4.69) is 4.98 Å². The normalized spacial score (nSPS) is 11.2. The summed E-state index contributed by atoms with van der Waals surface area (Å²) >= 11 is 0. The highest BCUT2D eigenvalue weighted by atomic mass is 16.5. The maximum atomic E-state index is 12.2. The average molecular weight is 224 g/mol. The van der Waals surface area contributed by atoms with Gasteiger partial charge >= 0.3 is 0 Å². The van der Waals surface area contributed by atoms with Crippen LogP contribution in [0.1, 0.15) is 11.3 Å². The van der Waals surface area contributed by atoms with Crippen LogP contribution in [0, 0.1) is 19.1 Å². The molecule has 0 saturated heterocycles. The Hall–Kier alpha value is -2.16. The van der Waals surface area contributed by atoms with Crippen LogP contribution in [0.4, 0.5) is 0 Å². The first kappa shape index (κ1) is 10.0. The minimum atomic E-state index is 0.659. The molecule has 0 aliphatic heterocycles. The molecule has 0 aliphatic carbocycles. The molecule has 0 N–H and O–H groups in total. The van der Waals surface area contributed by atoms with Crippen LogP contribution in [-0.4, -0.2) is 4.98 Å². The lowest BCUT2D eigenvalue weighted by molar-refractivity contribution is -0.583. The molecule has 2 aromatic heterocycles. The first-order valence-electron chi connectivity index (χ1n) is 5.55. The Morgan fingerprint density at radius 1 is 1.12 bits per heavy atom. The maximum absolute atomic E-state index is 12.2. The highest BCUT2D eigenvalue weighted by Gasteiger charge is 2.14. The van der Waals surface area contributed by atoms with Crippen molar-refractivity contribution >= 4 is 21.8 Å². The fourth-order valence-electron chi connectivity index (χ4n) is 2.14. The molecule has 84 valence electrons. The third-order valence-corrected chi connectivity index (χ3v) is 3.23. The summed E-state index contributed by atoms with van der Waals surface area (Å²) in [4.78, 5) is 4.32. The Balaban J connectivity index is 2.62. The highest BCUT2D eigenvalue weighted by molar-refractivity contribution is 6.00. The van der Waals surface area contributed by atoms with E-state index in [0.29, 0.717) is 5.52 Å². The Kier molecular flexibility index (Phi) is 2.01. The molecule has 3 aromatic rings. The van der Waals surface area contributed by atoms with E-state index in [-0.39, 0.29) is 0 Å². The number of pyridine rings is 2. The summed E-state index contributed by atoms with van der Waals surface area (Å²) in [7, 11) is 0. The molecule has 0 amide bonds. The maximum Gasteiger partial charge on any atom is 0.250 e. The monoisotopic (exact) mass is 224 g/mol. The molecule has 0 unspecified atom stereocenters. The molecule has 0 atom stereocenters. The van der Waals surface area contributed by atoms with Crippen LogP contribution >= 0.6 is 0 Å². The smallest absolute Gasteiger partial charge is 0.250 e. The largest absolute Gasteiger partial charge is 0.618 e. The van der Waals surface area contributed by atoms with Crippen LogP contribution in [-0.2, 0) is 0 Å². The van der Waals surface area contributed by atoms with Crippen molar-refractivity contribution in [3.63, 3.8) is 0 Å². The zero-order chi connectivity index (χ0) is 12.0. The van der Waals surface area contributed by atoms with Crippen molar-refractivity contribution in [2.45, 2.75) is 13.8 Å². The number of aromatic nitrogens is 2. The van der Waals surface area contributed by atoms with Crippen LogP contribution in [0.5, 0.6) is 0 Å². The van der Waals surface area contributed by atoms with Gasteiger partial charge < -0.3 is 5.21 Å². The van der Waals surface area contributed by atoms with Gasteiger partial charge in [0.05, 0.1) is 5.39 Å². The van der Waals surface area contributed by atoms with E-state index in [1.54, 1.807) is 6.20 Å². The SMILES string of the molecule is Cc1cc2ccc3cccnc3c2[n+]([O-])c1C. The molecule has 0 fully saturated rings. The van der Waals surface area contributed by atoms with Crippen molar-refractivity contribution in [1.29, 1.82) is 0 Å². The first-order valence-corrected chi connectivity index (χ1v) is 5.55. The number of hydrogen-bond acceptors (Lipinski definition) is 2. The van der Waals surface area contributed by atoms with E-state index in [1.165, 1.54) is 0 Å². The van der Waals surface area contributed by atoms with Gasteiger partial charge in [0.15, 0.2) is 5.69 Å². The lowest BCUT2D eigenvalue weighted by Crippen LogP contribution is -2.32. The lowest BCUT2D eigenvalue weighted by Gasteiger charge is -2.08. The fourth-order valence-corrected chi connectivity index (χ4v) is 2.14. The van der Waals surface area contributed by atoms with E-state index < -0.39 is 0 Å². The molecule has 3 rings (SSSR count). The summed E-state index contributed by atoms with van der Waals surface area (Å²) in [6, 6.07) is 9.86. The van der Waals surface area contributed by atoms with Crippen molar-refractivity contribution in [3.8, 4) is 0 Å². The number of hydrogen-bond donors (Lipinski definition) is 0. The molecule has 1 aromatic carbocycles. The van der Waals surface area contributed by atoms with Crippen molar-refractivity contribution in [1.82, 2.24) is 4.98 Å². The first-order chi connectivity index (χ1) is 8.18. The predicted molar refractivity (Wildman–Crippen MR) is 67.7 cm³/mol. The van der Waals surface area contributed by atoms with Crippen molar-refractivity contribution in [2.24, 2.45) is 0 Å². The summed E-state index contributed by atoms with van der Waals surface area (Å²) in [6.07, 6.45) is 1.72. The van der Waals surface area contributed by atoms with Gasteiger partial charge in [0.1, 0.15) is 5.52 Å². The van der Waals surface area contributed by atoms with Crippen LogP contribution in [0.15, 0.2) is 36.5 Å². The van der Waals surface area contributed by atoms with Gasteiger partial charge in [0.25, 0.3) is 0 Å². The van der Waals surface area contributed by atoms with Gasteiger partial charge in [0.2, 0.25) is 5.52 Å². The minimum Gasteiger partial charge on any atom is -0.618 e. The average Bonchev–Trinajstić information content (AvgIpc) is 2.35. The third-order valence-electron chi connectivity index (χ3n) is 3.23. The molecule has 0 spiro atoms. The number of nitrogens with zero attached hydrogens (tertiary/aromatic N) is 2. The van der Waals surface area contributed by atoms with E-state index in [1.807, 2.05) is 44.2 Å². The standard InChI is InChI=1S/C14H12N2O/c1-9-8-12-6-5-11-4-3-7-15-13(11)14(12)16(17)10(9)2/h3-8H,1-2H3. The summed E-state index contributed by atoms with van der Waals surface area (Å²) in [5.41, 5.74) is 3.16. The van der Waals surface area contributed by atoms with Crippen LogP contribution < -0.4 is 4.73 Å². The summed E-state index contributed by atoms with van der Waals surface area (Å²) < 4.78 is 0.986.